The Morgan fingerprint density at radius 2 is 1.70 bits per heavy atom. The molecule has 0 unspecified atom stereocenters. The molecule has 5 rings (SSSR count). The van der Waals surface area contributed by atoms with Crippen molar-refractivity contribution < 1.29 is 17.9 Å². The lowest BCUT2D eigenvalue weighted by Crippen LogP contribution is -2.08. The molecule has 8 heteroatoms. The van der Waals surface area contributed by atoms with Crippen LogP contribution in [-0.2, 0) is 19.1 Å². The Morgan fingerprint density at radius 1 is 0.909 bits per heavy atom. The summed E-state index contributed by atoms with van der Waals surface area (Å²) in [7, 11) is 1.63. The zero-order valence-electron chi connectivity index (χ0n) is 17.7. The number of alkyl halides is 3. The molecule has 0 amide bonds. The number of nitrogens with zero attached hydrogens (tertiary/aromatic N) is 4. The fourth-order valence-corrected chi connectivity index (χ4v) is 3.97. The highest BCUT2D eigenvalue weighted by Crippen LogP contribution is 2.33. The van der Waals surface area contributed by atoms with E-state index in [1.54, 1.807) is 31.5 Å². The summed E-state index contributed by atoms with van der Waals surface area (Å²) in [5, 5.41) is 5.37. The lowest BCUT2D eigenvalue weighted by molar-refractivity contribution is -0.139. The molecule has 0 fully saturated rings. The summed E-state index contributed by atoms with van der Waals surface area (Å²) < 4.78 is 46.9. The number of fused-ring (bicyclic) bond motifs is 2. The van der Waals surface area contributed by atoms with Crippen LogP contribution in [0, 0.1) is 0 Å². The predicted octanol–water partition coefficient (Wildman–Crippen LogP) is 5.65. The molecule has 0 saturated heterocycles. The normalized spacial score (nSPS) is 11.9. The highest BCUT2D eigenvalue weighted by molar-refractivity contribution is 5.86. The number of hydrogen-bond acceptors (Lipinski definition) is 4. The Morgan fingerprint density at radius 3 is 2.45 bits per heavy atom. The zero-order valence-corrected chi connectivity index (χ0v) is 17.7. The van der Waals surface area contributed by atoms with Crippen LogP contribution in [0.15, 0.2) is 73.1 Å². The van der Waals surface area contributed by atoms with Crippen LogP contribution in [-0.4, -0.2) is 26.9 Å². The minimum Gasteiger partial charge on any atom is -0.497 e. The van der Waals surface area contributed by atoms with E-state index in [4.69, 9.17) is 9.84 Å². The first kappa shape index (κ1) is 20.9. The van der Waals surface area contributed by atoms with E-state index < -0.39 is 11.9 Å². The Labute approximate surface area is 187 Å². The minimum atomic E-state index is -4.50. The van der Waals surface area contributed by atoms with E-state index in [2.05, 4.69) is 9.97 Å². The summed E-state index contributed by atoms with van der Waals surface area (Å²) in [6.07, 6.45) is -1.15. The lowest BCUT2D eigenvalue weighted by atomic mass is 10.0. The van der Waals surface area contributed by atoms with Crippen LogP contribution in [0.1, 0.15) is 22.5 Å². The monoisotopic (exact) mass is 448 g/mol. The van der Waals surface area contributed by atoms with Crippen LogP contribution >= 0.6 is 0 Å². The third-order valence-electron chi connectivity index (χ3n) is 5.54. The van der Waals surface area contributed by atoms with Crippen molar-refractivity contribution in [3.63, 3.8) is 0 Å². The van der Waals surface area contributed by atoms with E-state index >= 15 is 0 Å². The average molecular weight is 448 g/mol. The van der Waals surface area contributed by atoms with E-state index in [0.717, 1.165) is 33.6 Å². The van der Waals surface area contributed by atoms with Gasteiger partial charge < -0.3 is 4.74 Å². The number of benzene rings is 2. The van der Waals surface area contributed by atoms with Crippen LogP contribution in [0.25, 0.3) is 21.8 Å². The first-order valence-corrected chi connectivity index (χ1v) is 10.3. The molecule has 33 heavy (non-hydrogen) atoms. The van der Waals surface area contributed by atoms with Crippen molar-refractivity contribution in [3.05, 3.63) is 95.6 Å². The van der Waals surface area contributed by atoms with Gasteiger partial charge in [-0.05, 0) is 46.8 Å². The van der Waals surface area contributed by atoms with Crippen molar-refractivity contribution in [2.24, 2.45) is 0 Å². The van der Waals surface area contributed by atoms with Gasteiger partial charge >= 0.3 is 6.18 Å². The largest absolute Gasteiger partial charge is 0.497 e. The number of aromatic nitrogens is 4. The van der Waals surface area contributed by atoms with Crippen LogP contribution in [0.5, 0.6) is 5.75 Å². The number of ether oxygens (including phenoxy) is 1. The molecule has 5 nitrogen and oxygen atoms in total. The standard InChI is InChI=1S/C25H19F3N4O/c1-33-19-7-4-16(5-8-19)15-32-22-3-2-11-29-23(22)21(31-32)14-17-6-9-20-18(13-17)10-12-30-24(20)25(26,27)28/h2-13H,14-15H2,1H3. The van der Waals surface area contributed by atoms with Crippen molar-refractivity contribution in [2.75, 3.05) is 7.11 Å². The van der Waals surface area contributed by atoms with Gasteiger partial charge in [-0.25, -0.2) is 0 Å². The van der Waals surface area contributed by atoms with Gasteiger partial charge in [-0.2, -0.15) is 18.3 Å². The van der Waals surface area contributed by atoms with Crippen LogP contribution in [0.3, 0.4) is 0 Å². The molecule has 0 aliphatic heterocycles. The number of pyridine rings is 2. The van der Waals surface area contributed by atoms with Crippen molar-refractivity contribution in [3.8, 4) is 5.75 Å². The molecule has 0 aliphatic carbocycles. The van der Waals surface area contributed by atoms with Gasteiger partial charge in [0, 0.05) is 24.2 Å². The minimum absolute atomic E-state index is 0.0850. The quantitative estimate of drug-likeness (QED) is 0.349. The van der Waals surface area contributed by atoms with E-state index in [1.807, 2.05) is 41.1 Å². The topological polar surface area (TPSA) is 52.8 Å². The summed E-state index contributed by atoms with van der Waals surface area (Å²) >= 11 is 0. The molecule has 0 spiro atoms. The molecule has 3 heterocycles. The van der Waals surface area contributed by atoms with Gasteiger partial charge in [-0.3, -0.25) is 14.6 Å². The van der Waals surface area contributed by atoms with E-state index in [0.29, 0.717) is 18.4 Å². The van der Waals surface area contributed by atoms with Crippen LogP contribution in [0.2, 0.25) is 0 Å². The molecular weight excluding hydrogens is 429 g/mol. The Hall–Kier alpha value is -3.94. The molecule has 2 aromatic carbocycles. The van der Waals surface area contributed by atoms with Gasteiger partial charge in [0.15, 0.2) is 5.69 Å². The first-order valence-electron chi connectivity index (χ1n) is 10.3. The fourth-order valence-electron chi connectivity index (χ4n) is 3.97. The third kappa shape index (κ3) is 4.11. The molecule has 166 valence electrons. The third-order valence-corrected chi connectivity index (χ3v) is 5.54. The van der Waals surface area contributed by atoms with Crippen molar-refractivity contribution >= 4 is 21.8 Å². The summed E-state index contributed by atoms with van der Waals surface area (Å²) in [4.78, 5) is 8.04. The van der Waals surface area contributed by atoms with Gasteiger partial charge in [-0.1, -0.05) is 30.3 Å². The summed E-state index contributed by atoms with van der Waals surface area (Å²) in [6.45, 7) is 0.560. The molecule has 0 radical (unpaired) electrons. The summed E-state index contributed by atoms with van der Waals surface area (Å²) in [6, 6.07) is 18.1. The highest BCUT2D eigenvalue weighted by atomic mass is 19.4. The van der Waals surface area contributed by atoms with Gasteiger partial charge in [0.2, 0.25) is 0 Å². The molecule has 0 aliphatic rings. The number of hydrogen-bond donors (Lipinski definition) is 0. The first-order chi connectivity index (χ1) is 15.9. The SMILES string of the molecule is COc1ccc(Cn2nc(Cc3ccc4c(C(F)(F)F)nccc4c3)c3ncccc32)cc1. The van der Waals surface area contributed by atoms with Crippen molar-refractivity contribution in [1.29, 1.82) is 0 Å². The van der Waals surface area contributed by atoms with E-state index in [-0.39, 0.29) is 5.39 Å². The summed E-state index contributed by atoms with van der Waals surface area (Å²) in [5.74, 6) is 0.784. The Balaban J connectivity index is 1.49. The lowest BCUT2D eigenvalue weighted by Gasteiger charge is -2.10. The van der Waals surface area contributed by atoms with Crippen LogP contribution < -0.4 is 4.74 Å². The number of rotatable bonds is 5. The van der Waals surface area contributed by atoms with Gasteiger partial charge in [-0.15, -0.1) is 0 Å². The molecular formula is C25H19F3N4O. The van der Waals surface area contributed by atoms with E-state index in [1.165, 1.54) is 12.3 Å². The van der Waals surface area contributed by atoms with Gasteiger partial charge in [0.05, 0.1) is 24.9 Å². The second kappa shape index (κ2) is 8.20. The molecule has 0 saturated carbocycles. The van der Waals surface area contributed by atoms with E-state index in [9.17, 15) is 13.2 Å². The Bertz CT molecular complexity index is 1440. The second-order valence-corrected chi connectivity index (χ2v) is 7.71. The Kier molecular flexibility index (Phi) is 5.20. The maximum atomic E-state index is 13.3. The average Bonchev–Trinajstić information content (AvgIpc) is 3.15. The van der Waals surface area contributed by atoms with Gasteiger partial charge in [0.25, 0.3) is 0 Å². The molecule has 0 bridgehead atoms. The van der Waals surface area contributed by atoms with Crippen molar-refractivity contribution in [2.45, 2.75) is 19.1 Å². The smallest absolute Gasteiger partial charge is 0.433 e. The molecule has 0 atom stereocenters. The highest BCUT2D eigenvalue weighted by Gasteiger charge is 2.34. The van der Waals surface area contributed by atoms with Crippen LogP contribution in [0.4, 0.5) is 13.2 Å². The maximum Gasteiger partial charge on any atom is 0.433 e. The van der Waals surface area contributed by atoms with Gasteiger partial charge in [0.1, 0.15) is 11.3 Å². The maximum absolute atomic E-state index is 13.3. The van der Waals surface area contributed by atoms with Crippen molar-refractivity contribution in [1.82, 2.24) is 19.7 Å². The molecule has 5 aromatic rings. The summed E-state index contributed by atoms with van der Waals surface area (Å²) in [5.41, 5.74) is 3.48. The number of halogens is 3. The predicted molar refractivity (Wildman–Crippen MR) is 119 cm³/mol. The second-order valence-electron chi connectivity index (χ2n) is 7.71. The molecule has 0 N–H and O–H groups in total. The fraction of sp³-hybridized carbons (Fsp3) is 0.160. The zero-order chi connectivity index (χ0) is 23.0. The number of methoxy groups -OCH3 is 1. The molecule has 3 aromatic heterocycles.